The maximum absolute atomic E-state index is 13.3. The Morgan fingerprint density at radius 1 is 1.39 bits per heavy atom. The average molecular weight is 251 g/mol. The van der Waals surface area contributed by atoms with E-state index in [2.05, 4.69) is 0 Å². The molecule has 2 N–H and O–H groups in total. The molecule has 0 amide bonds. The smallest absolute Gasteiger partial charge is 0.126 e. The number of hydrogen-bond acceptors (Lipinski definition) is 2. The Morgan fingerprint density at radius 3 is 2.61 bits per heavy atom. The molecular formula is C15H22FNO. The van der Waals surface area contributed by atoms with E-state index in [1.54, 1.807) is 13.0 Å². The number of aryl methyl sites for hydroxylation is 1. The lowest BCUT2D eigenvalue weighted by atomic mass is 9.87. The Labute approximate surface area is 108 Å². The third-order valence-corrected chi connectivity index (χ3v) is 3.99. The molecule has 1 aromatic carbocycles. The molecule has 1 aliphatic rings. The van der Waals surface area contributed by atoms with Crippen molar-refractivity contribution in [3.63, 3.8) is 0 Å². The third-order valence-electron chi connectivity index (χ3n) is 3.99. The van der Waals surface area contributed by atoms with Crippen LogP contribution in [0.3, 0.4) is 0 Å². The van der Waals surface area contributed by atoms with Gasteiger partial charge in [-0.25, -0.2) is 4.39 Å². The van der Waals surface area contributed by atoms with Crippen molar-refractivity contribution in [2.24, 2.45) is 5.73 Å². The molecule has 1 fully saturated rings. The highest BCUT2D eigenvalue weighted by molar-refractivity contribution is 5.28. The summed E-state index contributed by atoms with van der Waals surface area (Å²) in [5.41, 5.74) is 7.76. The first-order valence-corrected chi connectivity index (χ1v) is 6.74. The first-order chi connectivity index (χ1) is 8.59. The molecule has 0 heterocycles. The highest BCUT2D eigenvalue weighted by Crippen LogP contribution is 2.41. The number of halogens is 1. The van der Waals surface area contributed by atoms with E-state index >= 15 is 0 Å². The molecule has 1 aromatic rings. The minimum absolute atomic E-state index is 0.167. The first-order valence-electron chi connectivity index (χ1n) is 6.74. The van der Waals surface area contributed by atoms with Gasteiger partial charge in [0, 0.05) is 6.61 Å². The molecule has 1 unspecified atom stereocenters. The zero-order valence-electron chi connectivity index (χ0n) is 11.2. The molecule has 0 aliphatic heterocycles. The van der Waals surface area contributed by atoms with Crippen molar-refractivity contribution < 1.29 is 9.13 Å². The van der Waals surface area contributed by atoms with E-state index in [0.717, 1.165) is 31.2 Å². The zero-order chi connectivity index (χ0) is 13.2. The summed E-state index contributed by atoms with van der Waals surface area (Å²) in [7, 11) is 0. The van der Waals surface area contributed by atoms with Crippen LogP contribution in [0.25, 0.3) is 0 Å². The molecule has 3 heteroatoms. The predicted molar refractivity (Wildman–Crippen MR) is 70.9 cm³/mol. The van der Waals surface area contributed by atoms with Crippen LogP contribution in [-0.4, -0.2) is 12.2 Å². The lowest BCUT2D eigenvalue weighted by Crippen LogP contribution is -2.41. The average Bonchev–Trinajstić information content (AvgIpc) is 2.82. The van der Waals surface area contributed by atoms with Gasteiger partial charge < -0.3 is 10.5 Å². The molecule has 2 rings (SSSR count). The van der Waals surface area contributed by atoms with Gasteiger partial charge >= 0.3 is 0 Å². The second-order valence-corrected chi connectivity index (χ2v) is 5.19. The van der Waals surface area contributed by atoms with Crippen LogP contribution in [-0.2, 0) is 4.74 Å². The van der Waals surface area contributed by atoms with Crippen molar-refractivity contribution in [2.75, 3.05) is 6.61 Å². The van der Waals surface area contributed by atoms with Gasteiger partial charge in [0.05, 0.1) is 11.6 Å². The van der Waals surface area contributed by atoms with E-state index in [1.807, 2.05) is 13.0 Å². The van der Waals surface area contributed by atoms with Crippen molar-refractivity contribution in [3.8, 4) is 0 Å². The highest BCUT2D eigenvalue weighted by Gasteiger charge is 2.41. The summed E-state index contributed by atoms with van der Waals surface area (Å²) in [6.07, 6.45) is 4.32. The molecule has 0 aromatic heterocycles. The molecule has 1 saturated carbocycles. The van der Waals surface area contributed by atoms with Crippen LogP contribution in [0.2, 0.25) is 0 Å². The fraction of sp³-hybridized carbons (Fsp3) is 0.600. The minimum atomic E-state index is -0.251. The van der Waals surface area contributed by atoms with E-state index in [9.17, 15) is 4.39 Å². The van der Waals surface area contributed by atoms with Crippen LogP contribution in [0.1, 0.15) is 49.8 Å². The summed E-state index contributed by atoms with van der Waals surface area (Å²) in [6.45, 7) is 4.45. The summed E-state index contributed by atoms with van der Waals surface area (Å²) in [4.78, 5) is 0. The summed E-state index contributed by atoms with van der Waals surface area (Å²) in [6, 6.07) is 4.96. The zero-order valence-corrected chi connectivity index (χ0v) is 11.2. The maximum Gasteiger partial charge on any atom is 0.126 e. The summed E-state index contributed by atoms with van der Waals surface area (Å²) < 4.78 is 19.3. The van der Waals surface area contributed by atoms with Gasteiger partial charge in [-0.15, -0.1) is 0 Å². The van der Waals surface area contributed by atoms with Gasteiger partial charge in [-0.2, -0.15) is 0 Å². The van der Waals surface area contributed by atoms with Gasteiger partial charge in [-0.05, 0) is 43.9 Å². The minimum Gasteiger partial charge on any atom is -0.373 e. The van der Waals surface area contributed by atoms with Crippen LogP contribution < -0.4 is 5.73 Å². The van der Waals surface area contributed by atoms with Crippen molar-refractivity contribution in [1.82, 2.24) is 0 Å². The second-order valence-electron chi connectivity index (χ2n) is 5.19. The Morgan fingerprint density at radius 2 is 2.06 bits per heavy atom. The van der Waals surface area contributed by atoms with Gasteiger partial charge in [-0.1, -0.05) is 25.0 Å². The highest BCUT2D eigenvalue weighted by atomic mass is 19.1. The van der Waals surface area contributed by atoms with Crippen molar-refractivity contribution in [2.45, 2.75) is 51.2 Å². The monoisotopic (exact) mass is 251 g/mol. The van der Waals surface area contributed by atoms with Crippen LogP contribution in [0.4, 0.5) is 4.39 Å². The van der Waals surface area contributed by atoms with Gasteiger partial charge in [0.1, 0.15) is 5.82 Å². The molecule has 0 saturated heterocycles. The van der Waals surface area contributed by atoms with E-state index in [0.29, 0.717) is 12.2 Å². The van der Waals surface area contributed by atoms with Crippen molar-refractivity contribution >= 4 is 0 Å². The van der Waals surface area contributed by atoms with E-state index in [-0.39, 0.29) is 17.5 Å². The van der Waals surface area contributed by atoms with Crippen molar-refractivity contribution in [1.29, 1.82) is 0 Å². The van der Waals surface area contributed by atoms with Crippen LogP contribution in [0, 0.1) is 12.7 Å². The SMILES string of the molecule is CCOC1(C(N)c2ccc(F)c(C)c2)CCCC1. The molecule has 1 atom stereocenters. The van der Waals surface area contributed by atoms with Crippen molar-refractivity contribution in [3.05, 3.63) is 35.1 Å². The fourth-order valence-corrected chi connectivity index (χ4v) is 2.97. The summed E-state index contributed by atoms with van der Waals surface area (Å²) >= 11 is 0. The van der Waals surface area contributed by atoms with Gasteiger partial charge in [0.25, 0.3) is 0 Å². The lowest BCUT2D eigenvalue weighted by Gasteiger charge is -2.35. The third kappa shape index (κ3) is 2.43. The standard InChI is InChI=1S/C15H22FNO/c1-3-18-15(8-4-5-9-15)14(17)12-6-7-13(16)11(2)10-12/h6-7,10,14H,3-5,8-9,17H2,1-2H3. The Bertz CT molecular complexity index is 413. The number of hydrogen-bond donors (Lipinski definition) is 1. The maximum atomic E-state index is 13.3. The number of benzene rings is 1. The van der Waals surface area contributed by atoms with Crippen LogP contribution in [0.5, 0.6) is 0 Å². The first kappa shape index (κ1) is 13.5. The topological polar surface area (TPSA) is 35.2 Å². The largest absolute Gasteiger partial charge is 0.373 e. The Hall–Kier alpha value is -0.930. The molecule has 1 aliphatic carbocycles. The summed E-state index contributed by atoms with van der Waals surface area (Å²) in [5.74, 6) is -0.178. The molecule has 0 radical (unpaired) electrons. The van der Waals surface area contributed by atoms with E-state index in [1.165, 1.54) is 6.07 Å². The number of ether oxygens (including phenoxy) is 1. The van der Waals surface area contributed by atoms with Gasteiger partial charge in [0.15, 0.2) is 0 Å². The van der Waals surface area contributed by atoms with E-state index in [4.69, 9.17) is 10.5 Å². The molecule has 18 heavy (non-hydrogen) atoms. The number of nitrogens with two attached hydrogens (primary N) is 1. The van der Waals surface area contributed by atoms with Gasteiger partial charge in [0.2, 0.25) is 0 Å². The van der Waals surface area contributed by atoms with E-state index < -0.39 is 0 Å². The van der Waals surface area contributed by atoms with Gasteiger partial charge in [-0.3, -0.25) is 0 Å². The molecule has 0 spiro atoms. The molecule has 0 bridgehead atoms. The Kier molecular flexibility index (Phi) is 4.03. The second kappa shape index (κ2) is 5.37. The molecule has 2 nitrogen and oxygen atoms in total. The predicted octanol–water partition coefficient (Wildman–Crippen LogP) is 3.48. The quantitative estimate of drug-likeness (QED) is 0.889. The normalized spacial score (nSPS) is 20.0. The van der Waals surface area contributed by atoms with Crippen LogP contribution in [0.15, 0.2) is 18.2 Å². The molecule has 100 valence electrons. The molecular weight excluding hydrogens is 229 g/mol. The van der Waals surface area contributed by atoms with Crippen LogP contribution >= 0.6 is 0 Å². The Balaban J connectivity index is 2.27. The number of rotatable bonds is 4. The lowest BCUT2D eigenvalue weighted by molar-refractivity contribution is -0.0536. The fourth-order valence-electron chi connectivity index (χ4n) is 2.97. The summed E-state index contributed by atoms with van der Waals surface area (Å²) in [5, 5.41) is 0.